The third kappa shape index (κ3) is 6.66. The molecule has 2 atom stereocenters. The zero-order valence-corrected chi connectivity index (χ0v) is 18.4. The lowest BCUT2D eigenvalue weighted by atomic mass is 10.1. The van der Waals surface area contributed by atoms with E-state index in [4.69, 9.17) is 0 Å². The normalized spacial score (nSPS) is 20.3. The molecule has 1 aromatic carbocycles. The van der Waals surface area contributed by atoms with Crippen LogP contribution in [-0.4, -0.2) is 94.9 Å². The number of anilines is 1. The summed E-state index contributed by atoms with van der Waals surface area (Å²) >= 11 is 0. The number of amides is 3. The second-order valence-electron chi connectivity index (χ2n) is 8.62. The number of para-hydroxylation sites is 1. The van der Waals surface area contributed by atoms with Crippen LogP contribution in [0.25, 0.3) is 0 Å². The quantitative estimate of drug-likeness (QED) is 0.494. The Kier molecular flexibility index (Phi) is 8.69. The van der Waals surface area contributed by atoms with Crippen LogP contribution in [0.1, 0.15) is 32.6 Å². The van der Waals surface area contributed by atoms with Crippen molar-refractivity contribution < 1.29 is 19.8 Å². The molecule has 3 amide bonds. The minimum absolute atomic E-state index is 0.107. The summed E-state index contributed by atoms with van der Waals surface area (Å²) in [6.07, 6.45) is 4.41. The van der Waals surface area contributed by atoms with Crippen LogP contribution in [0.2, 0.25) is 0 Å². The molecule has 1 aliphatic carbocycles. The number of nitrogens with zero attached hydrogens (tertiary/aromatic N) is 3. The molecule has 1 aromatic rings. The third-order valence-electron chi connectivity index (χ3n) is 6.37. The standard InChI is InChI=1S/C23H36N4O4/c1-18-22(30)27(14-13-26(18)23(31)24-20-5-3-2-4-6-20)21(17-29)10-12-25(15-16-28)11-9-19-7-8-19/h2-6,18-19,21,28-29H,7-17H2,1H3,(H,24,31). The lowest BCUT2D eigenvalue weighted by molar-refractivity contribution is -0.143. The number of aliphatic hydroxyl groups is 2. The molecule has 0 aromatic heterocycles. The number of piperazine rings is 1. The van der Waals surface area contributed by atoms with Crippen molar-refractivity contribution in [2.45, 2.75) is 44.7 Å². The number of carbonyl (C=O) groups excluding carboxylic acids is 2. The monoisotopic (exact) mass is 432 g/mol. The highest BCUT2D eigenvalue weighted by atomic mass is 16.3. The summed E-state index contributed by atoms with van der Waals surface area (Å²) < 4.78 is 0. The lowest BCUT2D eigenvalue weighted by Crippen LogP contribution is -2.61. The van der Waals surface area contributed by atoms with Gasteiger partial charge in [-0.1, -0.05) is 31.0 Å². The molecule has 0 spiro atoms. The number of benzene rings is 1. The van der Waals surface area contributed by atoms with Crippen molar-refractivity contribution in [2.75, 3.05) is 51.3 Å². The van der Waals surface area contributed by atoms with Gasteiger partial charge in [0, 0.05) is 31.9 Å². The molecular formula is C23H36N4O4. The third-order valence-corrected chi connectivity index (χ3v) is 6.37. The molecule has 2 aliphatic rings. The van der Waals surface area contributed by atoms with Gasteiger partial charge in [0.25, 0.3) is 0 Å². The van der Waals surface area contributed by atoms with Crippen LogP contribution >= 0.6 is 0 Å². The first kappa shape index (κ1) is 23.5. The smallest absolute Gasteiger partial charge is 0.322 e. The zero-order valence-electron chi connectivity index (χ0n) is 18.4. The van der Waals surface area contributed by atoms with Crippen molar-refractivity contribution in [3.8, 4) is 0 Å². The molecule has 1 aliphatic heterocycles. The summed E-state index contributed by atoms with van der Waals surface area (Å²) in [6, 6.07) is 8.03. The minimum Gasteiger partial charge on any atom is -0.395 e. The summed E-state index contributed by atoms with van der Waals surface area (Å²) in [7, 11) is 0. The SMILES string of the molecule is CC1C(=O)N(C(CO)CCN(CCO)CCC2CC2)CCN1C(=O)Nc1ccccc1. The first-order chi connectivity index (χ1) is 15.0. The van der Waals surface area contributed by atoms with Crippen LogP contribution in [-0.2, 0) is 4.79 Å². The molecule has 8 nitrogen and oxygen atoms in total. The number of hydrogen-bond acceptors (Lipinski definition) is 5. The summed E-state index contributed by atoms with van der Waals surface area (Å²) in [5, 5.41) is 22.2. The average molecular weight is 433 g/mol. The van der Waals surface area contributed by atoms with Gasteiger partial charge >= 0.3 is 6.03 Å². The molecule has 1 saturated heterocycles. The zero-order chi connectivity index (χ0) is 22.2. The Balaban J connectivity index is 1.52. The molecule has 31 heavy (non-hydrogen) atoms. The van der Waals surface area contributed by atoms with E-state index in [1.807, 2.05) is 30.3 Å². The van der Waals surface area contributed by atoms with Gasteiger partial charge in [0.1, 0.15) is 6.04 Å². The summed E-state index contributed by atoms with van der Waals surface area (Å²) in [6.45, 7) is 4.85. The summed E-state index contributed by atoms with van der Waals surface area (Å²) in [5.74, 6) is 0.688. The molecular weight excluding hydrogens is 396 g/mol. The van der Waals surface area contributed by atoms with E-state index >= 15 is 0 Å². The van der Waals surface area contributed by atoms with Crippen LogP contribution in [0.3, 0.4) is 0 Å². The van der Waals surface area contributed by atoms with Crippen LogP contribution < -0.4 is 5.32 Å². The van der Waals surface area contributed by atoms with Crippen molar-refractivity contribution in [3.05, 3.63) is 30.3 Å². The lowest BCUT2D eigenvalue weighted by Gasteiger charge is -2.42. The number of urea groups is 1. The van der Waals surface area contributed by atoms with Crippen molar-refractivity contribution in [1.29, 1.82) is 0 Å². The van der Waals surface area contributed by atoms with Gasteiger partial charge in [-0.3, -0.25) is 4.79 Å². The Morgan fingerprint density at radius 3 is 2.55 bits per heavy atom. The molecule has 0 radical (unpaired) electrons. The minimum atomic E-state index is -0.588. The molecule has 1 heterocycles. The molecule has 3 N–H and O–H groups in total. The molecule has 0 bridgehead atoms. The molecule has 1 saturated carbocycles. The second kappa shape index (κ2) is 11.5. The van der Waals surface area contributed by atoms with Gasteiger partial charge in [-0.25, -0.2) is 4.79 Å². The summed E-state index contributed by atoms with van der Waals surface area (Å²) in [4.78, 5) is 31.2. The fourth-order valence-electron chi connectivity index (χ4n) is 4.18. The van der Waals surface area contributed by atoms with Gasteiger partial charge in [-0.15, -0.1) is 0 Å². The van der Waals surface area contributed by atoms with Gasteiger partial charge in [0.15, 0.2) is 0 Å². The predicted molar refractivity (Wildman–Crippen MR) is 120 cm³/mol. The van der Waals surface area contributed by atoms with Gasteiger partial charge in [-0.2, -0.15) is 0 Å². The van der Waals surface area contributed by atoms with Crippen molar-refractivity contribution in [2.24, 2.45) is 5.92 Å². The Labute approximate surface area is 184 Å². The van der Waals surface area contributed by atoms with Crippen LogP contribution in [0.5, 0.6) is 0 Å². The maximum atomic E-state index is 13.0. The molecule has 2 unspecified atom stereocenters. The van der Waals surface area contributed by atoms with E-state index in [1.165, 1.54) is 12.8 Å². The number of carbonyl (C=O) groups is 2. The number of nitrogens with one attached hydrogen (secondary N) is 1. The van der Waals surface area contributed by atoms with E-state index in [1.54, 1.807) is 16.7 Å². The van der Waals surface area contributed by atoms with Gasteiger partial charge in [0.2, 0.25) is 5.91 Å². The van der Waals surface area contributed by atoms with E-state index in [0.29, 0.717) is 31.7 Å². The highest BCUT2D eigenvalue weighted by Crippen LogP contribution is 2.32. The highest BCUT2D eigenvalue weighted by molar-refractivity contribution is 5.94. The van der Waals surface area contributed by atoms with Crippen molar-refractivity contribution in [3.63, 3.8) is 0 Å². The first-order valence-corrected chi connectivity index (χ1v) is 11.4. The number of aliphatic hydroxyl groups excluding tert-OH is 2. The molecule has 2 fully saturated rings. The van der Waals surface area contributed by atoms with Crippen molar-refractivity contribution >= 4 is 17.6 Å². The maximum Gasteiger partial charge on any atom is 0.322 e. The van der Waals surface area contributed by atoms with E-state index in [0.717, 1.165) is 25.4 Å². The van der Waals surface area contributed by atoms with Gasteiger partial charge < -0.3 is 30.2 Å². The van der Waals surface area contributed by atoms with E-state index in [-0.39, 0.29) is 31.2 Å². The Morgan fingerprint density at radius 2 is 1.90 bits per heavy atom. The predicted octanol–water partition coefficient (Wildman–Crippen LogP) is 1.60. The summed E-state index contributed by atoms with van der Waals surface area (Å²) in [5.41, 5.74) is 0.693. The average Bonchev–Trinajstić information content (AvgIpc) is 3.60. The largest absolute Gasteiger partial charge is 0.395 e. The number of hydrogen-bond donors (Lipinski definition) is 3. The van der Waals surface area contributed by atoms with Crippen LogP contribution in [0.15, 0.2) is 30.3 Å². The van der Waals surface area contributed by atoms with E-state index in [9.17, 15) is 19.8 Å². The Morgan fingerprint density at radius 1 is 1.16 bits per heavy atom. The molecule has 8 heteroatoms. The highest BCUT2D eigenvalue weighted by Gasteiger charge is 2.37. The second-order valence-corrected chi connectivity index (χ2v) is 8.62. The first-order valence-electron chi connectivity index (χ1n) is 11.4. The van der Waals surface area contributed by atoms with Crippen LogP contribution in [0, 0.1) is 5.92 Å². The molecule has 172 valence electrons. The van der Waals surface area contributed by atoms with Gasteiger partial charge in [-0.05, 0) is 44.4 Å². The Hall–Kier alpha value is -2.16. The van der Waals surface area contributed by atoms with Gasteiger partial charge in [0.05, 0.1) is 19.3 Å². The topological polar surface area (TPSA) is 96.3 Å². The van der Waals surface area contributed by atoms with E-state index < -0.39 is 6.04 Å². The van der Waals surface area contributed by atoms with E-state index in [2.05, 4.69) is 10.2 Å². The maximum absolute atomic E-state index is 13.0. The van der Waals surface area contributed by atoms with Crippen molar-refractivity contribution in [1.82, 2.24) is 14.7 Å². The fraction of sp³-hybridized carbons (Fsp3) is 0.652. The Bertz CT molecular complexity index is 713. The number of rotatable bonds is 11. The van der Waals surface area contributed by atoms with Crippen LogP contribution in [0.4, 0.5) is 10.5 Å². The fourth-order valence-corrected chi connectivity index (χ4v) is 4.18. The molecule has 3 rings (SSSR count).